The minimum absolute atomic E-state index is 0.0741. The molecule has 1 aliphatic rings. The SMILES string of the molecule is CC(=O)Nc1ccc(CC(=O)NC2CCC(C)(C)C2)cc1. The van der Waals surface area contributed by atoms with Gasteiger partial charge in [0, 0.05) is 18.7 Å². The molecule has 1 atom stereocenters. The summed E-state index contributed by atoms with van der Waals surface area (Å²) in [6, 6.07) is 7.71. The van der Waals surface area contributed by atoms with Gasteiger partial charge in [-0.25, -0.2) is 0 Å². The molecule has 0 radical (unpaired) electrons. The molecule has 1 saturated carbocycles. The predicted octanol–water partition coefficient (Wildman–Crippen LogP) is 2.88. The van der Waals surface area contributed by atoms with Gasteiger partial charge in [0.25, 0.3) is 0 Å². The number of hydrogen-bond donors (Lipinski definition) is 2. The van der Waals surface area contributed by atoms with Gasteiger partial charge >= 0.3 is 0 Å². The van der Waals surface area contributed by atoms with Gasteiger partial charge in [-0.1, -0.05) is 26.0 Å². The molecule has 4 nitrogen and oxygen atoms in total. The Hall–Kier alpha value is -1.84. The molecular formula is C17H24N2O2. The van der Waals surface area contributed by atoms with E-state index in [0.29, 0.717) is 17.9 Å². The molecule has 0 spiro atoms. The summed E-state index contributed by atoms with van der Waals surface area (Å²) in [6.07, 6.45) is 3.68. The third-order valence-electron chi connectivity index (χ3n) is 3.97. The van der Waals surface area contributed by atoms with Crippen LogP contribution >= 0.6 is 0 Å². The molecule has 1 unspecified atom stereocenters. The van der Waals surface area contributed by atoms with Crippen LogP contribution in [0.5, 0.6) is 0 Å². The fourth-order valence-electron chi connectivity index (χ4n) is 2.93. The normalized spacial score (nSPS) is 20.0. The van der Waals surface area contributed by atoms with Crippen LogP contribution in [0.1, 0.15) is 45.6 Å². The fraction of sp³-hybridized carbons (Fsp3) is 0.529. The zero-order chi connectivity index (χ0) is 15.5. The van der Waals surface area contributed by atoms with E-state index in [0.717, 1.165) is 24.1 Å². The summed E-state index contributed by atoms with van der Waals surface area (Å²) >= 11 is 0. The van der Waals surface area contributed by atoms with E-state index in [2.05, 4.69) is 24.5 Å². The van der Waals surface area contributed by atoms with Crippen LogP contribution in [0.15, 0.2) is 24.3 Å². The van der Waals surface area contributed by atoms with Crippen LogP contribution in [0.4, 0.5) is 5.69 Å². The van der Waals surface area contributed by atoms with Gasteiger partial charge in [0.05, 0.1) is 6.42 Å². The lowest BCUT2D eigenvalue weighted by Gasteiger charge is -2.17. The Kier molecular flexibility index (Phi) is 4.66. The van der Waals surface area contributed by atoms with E-state index >= 15 is 0 Å². The van der Waals surface area contributed by atoms with Crippen molar-refractivity contribution in [2.24, 2.45) is 5.41 Å². The summed E-state index contributed by atoms with van der Waals surface area (Å²) < 4.78 is 0. The van der Waals surface area contributed by atoms with E-state index in [9.17, 15) is 9.59 Å². The maximum absolute atomic E-state index is 12.1. The second kappa shape index (κ2) is 6.29. The lowest BCUT2D eigenvalue weighted by Crippen LogP contribution is -2.34. The lowest BCUT2D eigenvalue weighted by atomic mass is 9.92. The standard InChI is InChI=1S/C17H24N2O2/c1-12(20)18-14-6-4-13(5-7-14)10-16(21)19-15-8-9-17(2,3)11-15/h4-7,15H,8-11H2,1-3H3,(H,18,20)(H,19,21). The number of amides is 2. The number of carbonyl (C=O) groups excluding carboxylic acids is 2. The zero-order valence-corrected chi connectivity index (χ0v) is 13.0. The smallest absolute Gasteiger partial charge is 0.224 e. The van der Waals surface area contributed by atoms with Crippen molar-refractivity contribution < 1.29 is 9.59 Å². The molecule has 0 saturated heterocycles. The first-order valence-electron chi connectivity index (χ1n) is 7.50. The van der Waals surface area contributed by atoms with Gasteiger partial charge in [0.15, 0.2) is 0 Å². The molecule has 1 fully saturated rings. The second-order valence-electron chi connectivity index (χ2n) is 6.73. The van der Waals surface area contributed by atoms with Crippen molar-refractivity contribution in [3.8, 4) is 0 Å². The maximum atomic E-state index is 12.1. The van der Waals surface area contributed by atoms with E-state index in [1.807, 2.05) is 24.3 Å². The van der Waals surface area contributed by atoms with Gasteiger partial charge in [0.2, 0.25) is 11.8 Å². The largest absolute Gasteiger partial charge is 0.353 e. The van der Waals surface area contributed by atoms with E-state index in [-0.39, 0.29) is 11.8 Å². The average molecular weight is 288 g/mol. The van der Waals surface area contributed by atoms with Crippen LogP contribution < -0.4 is 10.6 Å². The number of benzene rings is 1. The molecule has 1 aliphatic carbocycles. The third kappa shape index (κ3) is 4.88. The zero-order valence-electron chi connectivity index (χ0n) is 13.0. The molecule has 1 aromatic rings. The predicted molar refractivity (Wildman–Crippen MR) is 84.0 cm³/mol. The highest BCUT2D eigenvalue weighted by molar-refractivity contribution is 5.88. The minimum atomic E-state index is -0.0932. The summed E-state index contributed by atoms with van der Waals surface area (Å²) in [6.45, 7) is 5.98. The van der Waals surface area contributed by atoms with E-state index in [4.69, 9.17) is 0 Å². The summed E-state index contributed by atoms with van der Waals surface area (Å²) in [5.74, 6) is -0.0191. The van der Waals surface area contributed by atoms with Gasteiger partial charge in [0.1, 0.15) is 0 Å². The molecule has 4 heteroatoms. The topological polar surface area (TPSA) is 58.2 Å². The first-order valence-corrected chi connectivity index (χ1v) is 7.50. The summed E-state index contributed by atoms with van der Waals surface area (Å²) in [5, 5.41) is 5.83. The van der Waals surface area contributed by atoms with Crippen LogP contribution in [0.2, 0.25) is 0 Å². The van der Waals surface area contributed by atoms with Crippen molar-refractivity contribution >= 4 is 17.5 Å². The molecule has 1 aromatic carbocycles. The Bertz CT molecular complexity index is 520. The fourth-order valence-corrected chi connectivity index (χ4v) is 2.93. The van der Waals surface area contributed by atoms with E-state index < -0.39 is 0 Å². The van der Waals surface area contributed by atoms with E-state index in [1.165, 1.54) is 13.3 Å². The van der Waals surface area contributed by atoms with Gasteiger partial charge in [-0.15, -0.1) is 0 Å². The van der Waals surface area contributed by atoms with Gasteiger partial charge in [-0.05, 0) is 42.4 Å². The highest BCUT2D eigenvalue weighted by atomic mass is 16.2. The minimum Gasteiger partial charge on any atom is -0.353 e. The Morgan fingerprint density at radius 2 is 1.90 bits per heavy atom. The molecule has 21 heavy (non-hydrogen) atoms. The quantitative estimate of drug-likeness (QED) is 0.895. The number of carbonyl (C=O) groups is 2. The van der Waals surface area contributed by atoms with Crippen LogP contribution in [0.25, 0.3) is 0 Å². The summed E-state index contributed by atoms with van der Waals surface area (Å²) in [4.78, 5) is 23.0. The molecule has 0 heterocycles. The molecule has 2 amide bonds. The third-order valence-corrected chi connectivity index (χ3v) is 3.97. The van der Waals surface area contributed by atoms with Crippen molar-refractivity contribution in [3.05, 3.63) is 29.8 Å². The molecule has 0 bridgehead atoms. The van der Waals surface area contributed by atoms with Gasteiger partial charge in [-0.3, -0.25) is 9.59 Å². The molecule has 114 valence electrons. The van der Waals surface area contributed by atoms with E-state index in [1.54, 1.807) is 0 Å². The molecule has 0 aromatic heterocycles. The maximum Gasteiger partial charge on any atom is 0.224 e. The Morgan fingerprint density at radius 3 is 2.43 bits per heavy atom. The van der Waals surface area contributed by atoms with Crippen molar-refractivity contribution in [2.75, 3.05) is 5.32 Å². The van der Waals surface area contributed by atoms with Crippen LogP contribution in [0.3, 0.4) is 0 Å². The Balaban J connectivity index is 1.84. The van der Waals surface area contributed by atoms with Gasteiger partial charge < -0.3 is 10.6 Å². The highest BCUT2D eigenvalue weighted by Gasteiger charge is 2.31. The lowest BCUT2D eigenvalue weighted by molar-refractivity contribution is -0.121. The number of hydrogen-bond acceptors (Lipinski definition) is 2. The Labute approximate surface area is 126 Å². The monoisotopic (exact) mass is 288 g/mol. The number of rotatable bonds is 4. The van der Waals surface area contributed by atoms with Crippen LogP contribution in [-0.2, 0) is 16.0 Å². The first kappa shape index (κ1) is 15.5. The molecule has 2 N–H and O–H groups in total. The summed E-state index contributed by atoms with van der Waals surface area (Å²) in [7, 11) is 0. The Morgan fingerprint density at radius 1 is 1.24 bits per heavy atom. The molecule has 0 aliphatic heterocycles. The molecule has 2 rings (SSSR count). The van der Waals surface area contributed by atoms with Crippen molar-refractivity contribution in [1.82, 2.24) is 5.32 Å². The first-order chi connectivity index (χ1) is 9.84. The average Bonchev–Trinajstić information content (AvgIpc) is 2.70. The van der Waals surface area contributed by atoms with Crippen molar-refractivity contribution in [1.29, 1.82) is 0 Å². The summed E-state index contributed by atoms with van der Waals surface area (Å²) in [5.41, 5.74) is 2.06. The number of anilines is 1. The van der Waals surface area contributed by atoms with Crippen LogP contribution in [-0.4, -0.2) is 17.9 Å². The molecular weight excluding hydrogens is 264 g/mol. The number of nitrogens with one attached hydrogen (secondary N) is 2. The van der Waals surface area contributed by atoms with Gasteiger partial charge in [-0.2, -0.15) is 0 Å². The van der Waals surface area contributed by atoms with Crippen molar-refractivity contribution in [2.45, 2.75) is 52.5 Å². The van der Waals surface area contributed by atoms with Crippen LogP contribution in [0, 0.1) is 5.41 Å². The van der Waals surface area contributed by atoms with Crippen molar-refractivity contribution in [3.63, 3.8) is 0 Å². The second-order valence-corrected chi connectivity index (χ2v) is 6.73. The highest BCUT2D eigenvalue weighted by Crippen LogP contribution is 2.36.